The van der Waals surface area contributed by atoms with Crippen LogP contribution in [0.25, 0.3) is 0 Å². The van der Waals surface area contributed by atoms with Gasteiger partial charge in [0.2, 0.25) is 0 Å². The van der Waals surface area contributed by atoms with Gasteiger partial charge in [-0.15, -0.1) is 0 Å². The van der Waals surface area contributed by atoms with Crippen molar-refractivity contribution in [3.05, 3.63) is 29.3 Å². The number of phenolic OH excluding ortho intramolecular Hbond substituents is 1. The second-order valence-corrected chi connectivity index (χ2v) is 3.57. The summed E-state index contributed by atoms with van der Waals surface area (Å²) in [5.74, 6) is -1.95. The van der Waals surface area contributed by atoms with Crippen LogP contribution in [0, 0.1) is 0 Å². The monoisotopic (exact) mass is 231 g/mol. The van der Waals surface area contributed by atoms with Gasteiger partial charge in [0.1, 0.15) is 5.75 Å². The van der Waals surface area contributed by atoms with Crippen molar-refractivity contribution in [2.24, 2.45) is 0 Å². The lowest BCUT2D eigenvalue weighted by molar-refractivity contribution is -0.186. The van der Waals surface area contributed by atoms with Crippen molar-refractivity contribution >= 4 is 5.91 Å². The molecule has 0 unspecified atom stereocenters. The molecule has 1 aliphatic heterocycles. The normalized spacial score (nSPS) is 15.1. The van der Waals surface area contributed by atoms with Crippen molar-refractivity contribution in [1.29, 1.82) is 0 Å². The number of fused-ring (bicyclic) bond motifs is 1. The molecule has 1 aromatic carbocycles. The third-order valence-electron chi connectivity index (χ3n) is 2.49. The Morgan fingerprint density at radius 2 is 2.00 bits per heavy atom. The fraction of sp³-hybridized carbons (Fsp3) is 0.300. The van der Waals surface area contributed by atoms with Crippen molar-refractivity contribution in [2.75, 3.05) is 0 Å². The van der Waals surface area contributed by atoms with Crippen LogP contribution in [0.4, 0.5) is 13.2 Å². The van der Waals surface area contributed by atoms with Crippen LogP contribution < -0.4 is 0 Å². The summed E-state index contributed by atoms with van der Waals surface area (Å²) in [6.07, 6.45) is -4.86. The Morgan fingerprint density at radius 3 is 2.56 bits per heavy atom. The van der Waals surface area contributed by atoms with Crippen molar-refractivity contribution in [3.8, 4) is 5.75 Å². The molecular weight excluding hydrogens is 223 g/mol. The van der Waals surface area contributed by atoms with Gasteiger partial charge in [-0.2, -0.15) is 13.2 Å². The number of hydrogen-bond donors (Lipinski definition) is 1. The molecule has 0 aliphatic carbocycles. The maximum atomic E-state index is 12.2. The van der Waals surface area contributed by atoms with E-state index < -0.39 is 12.1 Å². The highest BCUT2D eigenvalue weighted by Gasteiger charge is 2.44. The maximum absolute atomic E-state index is 12.2. The Balaban J connectivity index is 2.24. The van der Waals surface area contributed by atoms with Crippen molar-refractivity contribution in [2.45, 2.75) is 19.3 Å². The molecule has 0 atom stereocenters. The van der Waals surface area contributed by atoms with E-state index in [1.165, 1.54) is 12.1 Å². The number of benzene rings is 1. The Labute approximate surface area is 89.1 Å². The van der Waals surface area contributed by atoms with E-state index in [1.807, 2.05) is 0 Å². The number of aromatic hydroxyl groups is 1. The minimum Gasteiger partial charge on any atom is -0.508 e. The van der Waals surface area contributed by atoms with E-state index in [4.69, 9.17) is 0 Å². The standard InChI is InChI=1S/C10H8F3NO2/c11-10(12,13)9(16)14-4-6-2-1-3-8(15)7(6)5-14/h1-3,15H,4-5H2. The molecule has 16 heavy (non-hydrogen) atoms. The number of nitrogens with zero attached hydrogens (tertiary/aromatic N) is 1. The van der Waals surface area contributed by atoms with Gasteiger partial charge in [-0.1, -0.05) is 12.1 Å². The summed E-state index contributed by atoms with van der Waals surface area (Å²) in [5.41, 5.74) is 0.942. The second-order valence-electron chi connectivity index (χ2n) is 3.57. The number of hydrogen-bond acceptors (Lipinski definition) is 2. The van der Waals surface area contributed by atoms with E-state index in [2.05, 4.69) is 0 Å². The molecule has 0 spiro atoms. The molecule has 0 bridgehead atoms. The molecule has 0 aromatic heterocycles. The van der Waals surface area contributed by atoms with Crippen molar-refractivity contribution < 1.29 is 23.1 Å². The van der Waals surface area contributed by atoms with Crippen LogP contribution in [0.5, 0.6) is 5.75 Å². The Kier molecular flexibility index (Phi) is 2.29. The summed E-state index contributed by atoms with van der Waals surface area (Å²) in [4.78, 5) is 11.6. The highest BCUT2D eigenvalue weighted by Crippen LogP contribution is 2.32. The molecule has 1 aromatic rings. The number of phenols is 1. The molecule has 6 heteroatoms. The van der Waals surface area contributed by atoms with Crippen LogP contribution >= 0.6 is 0 Å². The molecule has 1 aliphatic rings. The number of alkyl halides is 3. The minimum atomic E-state index is -4.86. The fourth-order valence-corrected chi connectivity index (χ4v) is 1.73. The molecule has 1 heterocycles. The zero-order valence-electron chi connectivity index (χ0n) is 8.08. The predicted molar refractivity (Wildman–Crippen MR) is 48.4 cm³/mol. The fourth-order valence-electron chi connectivity index (χ4n) is 1.73. The first-order chi connectivity index (χ1) is 7.39. The number of amides is 1. The van der Waals surface area contributed by atoms with E-state index in [1.54, 1.807) is 6.07 Å². The van der Waals surface area contributed by atoms with Gasteiger partial charge in [0.05, 0.1) is 6.54 Å². The lowest BCUT2D eigenvalue weighted by Crippen LogP contribution is -2.37. The summed E-state index contributed by atoms with van der Waals surface area (Å²) < 4.78 is 36.5. The van der Waals surface area contributed by atoms with Crippen LogP contribution in [0.15, 0.2) is 18.2 Å². The largest absolute Gasteiger partial charge is 0.508 e. The Morgan fingerprint density at radius 1 is 1.31 bits per heavy atom. The highest BCUT2D eigenvalue weighted by molar-refractivity contribution is 5.82. The minimum absolute atomic E-state index is 0.0741. The predicted octanol–water partition coefficient (Wildman–Crippen LogP) is 1.80. The first-order valence-corrected chi connectivity index (χ1v) is 4.55. The Hall–Kier alpha value is -1.72. The maximum Gasteiger partial charge on any atom is 0.471 e. The zero-order chi connectivity index (χ0) is 11.9. The Bertz CT molecular complexity index is 442. The summed E-state index contributed by atoms with van der Waals surface area (Å²) in [7, 11) is 0. The average Bonchev–Trinajstić information content (AvgIpc) is 2.60. The van der Waals surface area contributed by atoms with Gasteiger partial charge < -0.3 is 10.0 Å². The molecule has 1 amide bonds. The summed E-state index contributed by atoms with van der Waals surface area (Å²) in [6.45, 7) is -0.303. The second kappa shape index (κ2) is 3.40. The molecule has 0 saturated heterocycles. The lowest BCUT2D eigenvalue weighted by Gasteiger charge is -2.16. The van der Waals surface area contributed by atoms with E-state index >= 15 is 0 Å². The zero-order valence-corrected chi connectivity index (χ0v) is 8.08. The smallest absolute Gasteiger partial charge is 0.471 e. The number of rotatable bonds is 0. The average molecular weight is 231 g/mol. The molecule has 0 fully saturated rings. The molecule has 0 radical (unpaired) electrons. The van der Waals surface area contributed by atoms with Crippen LogP contribution in [-0.4, -0.2) is 22.1 Å². The summed E-state index contributed by atoms with van der Waals surface area (Å²) in [5, 5.41) is 9.41. The topological polar surface area (TPSA) is 40.5 Å². The van der Waals surface area contributed by atoms with Gasteiger partial charge >= 0.3 is 12.1 Å². The summed E-state index contributed by atoms with van der Waals surface area (Å²) in [6, 6.07) is 4.52. The van der Waals surface area contributed by atoms with Gasteiger partial charge in [0.25, 0.3) is 0 Å². The van der Waals surface area contributed by atoms with E-state index in [0.29, 0.717) is 16.0 Å². The van der Waals surface area contributed by atoms with Gasteiger partial charge in [-0.25, -0.2) is 0 Å². The van der Waals surface area contributed by atoms with Gasteiger partial charge in [-0.3, -0.25) is 4.79 Å². The number of carbonyl (C=O) groups is 1. The molecule has 2 rings (SSSR count). The SMILES string of the molecule is O=C(N1Cc2cccc(O)c2C1)C(F)(F)F. The van der Waals surface area contributed by atoms with E-state index in [0.717, 1.165) is 0 Å². The van der Waals surface area contributed by atoms with Crippen LogP contribution in [0.3, 0.4) is 0 Å². The van der Waals surface area contributed by atoms with Crippen LogP contribution in [0.1, 0.15) is 11.1 Å². The van der Waals surface area contributed by atoms with E-state index in [9.17, 15) is 23.1 Å². The molecular formula is C10H8F3NO2. The molecule has 0 saturated carbocycles. The quantitative estimate of drug-likeness (QED) is 0.739. The molecule has 1 N–H and O–H groups in total. The first-order valence-electron chi connectivity index (χ1n) is 4.55. The van der Waals surface area contributed by atoms with Crippen molar-refractivity contribution in [1.82, 2.24) is 4.90 Å². The third kappa shape index (κ3) is 1.70. The first kappa shape index (κ1) is 10.8. The molecule has 86 valence electrons. The van der Waals surface area contributed by atoms with Gasteiger partial charge in [-0.05, 0) is 11.6 Å². The van der Waals surface area contributed by atoms with Crippen LogP contribution in [-0.2, 0) is 17.9 Å². The van der Waals surface area contributed by atoms with Gasteiger partial charge in [0, 0.05) is 12.1 Å². The lowest BCUT2D eigenvalue weighted by atomic mass is 10.1. The number of halogens is 3. The third-order valence-corrected chi connectivity index (χ3v) is 2.49. The molecule has 3 nitrogen and oxygen atoms in total. The number of carbonyl (C=O) groups excluding carboxylic acids is 1. The highest BCUT2D eigenvalue weighted by atomic mass is 19.4. The van der Waals surface area contributed by atoms with Crippen molar-refractivity contribution in [3.63, 3.8) is 0 Å². The van der Waals surface area contributed by atoms with Gasteiger partial charge in [0.15, 0.2) is 0 Å². The summed E-state index contributed by atoms with van der Waals surface area (Å²) >= 11 is 0. The van der Waals surface area contributed by atoms with E-state index in [-0.39, 0.29) is 18.8 Å². The van der Waals surface area contributed by atoms with Crippen LogP contribution in [0.2, 0.25) is 0 Å².